The lowest BCUT2D eigenvalue weighted by atomic mass is 10.2. The van der Waals surface area contributed by atoms with Crippen molar-refractivity contribution in [2.75, 3.05) is 11.1 Å². The molecule has 0 saturated heterocycles. The van der Waals surface area contributed by atoms with Crippen LogP contribution >= 0.6 is 39.0 Å². The summed E-state index contributed by atoms with van der Waals surface area (Å²) in [5.74, 6) is -0.219. The molecule has 7 heteroatoms. The molecule has 1 amide bonds. The molecular weight excluding hydrogens is 374 g/mol. The molecule has 1 aromatic heterocycles. The summed E-state index contributed by atoms with van der Waals surface area (Å²) >= 11 is 6.36. The van der Waals surface area contributed by atoms with Gasteiger partial charge in [-0.3, -0.25) is 4.79 Å². The van der Waals surface area contributed by atoms with E-state index in [0.29, 0.717) is 10.2 Å². The molecule has 0 fully saturated rings. The van der Waals surface area contributed by atoms with Crippen LogP contribution in [0.1, 0.15) is 15.2 Å². The number of carbonyl (C=O) groups is 2. The summed E-state index contributed by atoms with van der Waals surface area (Å²) in [6, 6.07) is 8.74. The van der Waals surface area contributed by atoms with Crippen LogP contribution in [0, 0.1) is 0 Å². The number of benzene rings is 1. The largest absolute Gasteiger partial charge is 0.478 e. The van der Waals surface area contributed by atoms with E-state index in [4.69, 9.17) is 5.11 Å². The third-order valence-corrected chi connectivity index (χ3v) is 5.08. The number of thioether (sulfide) groups is 1. The molecule has 0 unspecified atom stereocenters. The third kappa shape index (κ3) is 4.87. The standard InChI is InChI=1S/C14H12BrNO3S2/c15-9-3-4-12(11(6-9)14(18)19)16-13(17)8-20-7-10-2-1-5-21-10/h1-6H,7-8H2,(H,16,17)(H,18,19). The summed E-state index contributed by atoms with van der Waals surface area (Å²) in [5, 5.41) is 13.8. The van der Waals surface area contributed by atoms with Gasteiger partial charge in [0.15, 0.2) is 0 Å². The van der Waals surface area contributed by atoms with Crippen LogP contribution in [-0.2, 0) is 10.5 Å². The summed E-state index contributed by atoms with van der Waals surface area (Å²) in [6.45, 7) is 0. The minimum Gasteiger partial charge on any atom is -0.478 e. The van der Waals surface area contributed by atoms with Crippen LogP contribution < -0.4 is 5.32 Å². The third-order valence-electron chi connectivity index (χ3n) is 2.54. The van der Waals surface area contributed by atoms with Crippen molar-refractivity contribution in [1.82, 2.24) is 0 Å². The fraction of sp³-hybridized carbons (Fsp3) is 0.143. The van der Waals surface area contributed by atoms with Crippen molar-refractivity contribution in [3.8, 4) is 0 Å². The Morgan fingerprint density at radius 2 is 2.14 bits per heavy atom. The molecule has 0 spiro atoms. The molecule has 0 aliphatic rings. The summed E-state index contributed by atoms with van der Waals surface area (Å²) in [4.78, 5) is 24.2. The number of carboxylic acid groups (broad SMARTS) is 1. The highest BCUT2D eigenvalue weighted by Crippen LogP contribution is 2.22. The van der Waals surface area contributed by atoms with E-state index < -0.39 is 5.97 Å². The molecule has 110 valence electrons. The SMILES string of the molecule is O=C(CSCc1cccs1)Nc1ccc(Br)cc1C(=O)O. The van der Waals surface area contributed by atoms with Gasteiger partial charge in [-0.1, -0.05) is 22.0 Å². The highest BCUT2D eigenvalue weighted by Gasteiger charge is 2.13. The van der Waals surface area contributed by atoms with Crippen molar-refractivity contribution < 1.29 is 14.7 Å². The Morgan fingerprint density at radius 1 is 1.33 bits per heavy atom. The van der Waals surface area contributed by atoms with Gasteiger partial charge in [-0.25, -0.2) is 4.79 Å². The first-order valence-corrected chi connectivity index (χ1v) is 8.82. The Kier molecular flexibility index (Phi) is 5.84. The molecule has 0 saturated carbocycles. The highest BCUT2D eigenvalue weighted by molar-refractivity contribution is 9.10. The summed E-state index contributed by atoms with van der Waals surface area (Å²) < 4.78 is 0.657. The zero-order chi connectivity index (χ0) is 15.2. The van der Waals surface area contributed by atoms with Gasteiger partial charge in [-0.2, -0.15) is 0 Å². The number of carbonyl (C=O) groups excluding carboxylic acids is 1. The van der Waals surface area contributed by atoms with Gasteiger partial charge in [0.1, 0.15) is 0 Å². The van der Waals surface area contributed by atoms with Crippen LogP contribution in [0.3, 0.4) is 0 Å². The number of carboxylic acids is 1. The van der Waals surface area contributed by atoms with E-state index in [1.807, 2.05) is 17.5 Å². The maximum Gasteiger partial charge on any atom is 0.337 e. The van der Waals surface area contributed by atoms with E-state index in [1.54, 1.807) is 23.5 Å². The molecule has 0 aliphatic carbocycles. The molecule has 2 N–H and O–H groups in total. The Hall–Kier alpha value is -1.31. The molecule has 2 aromatic rings. The van der Waals surface area contributed by atoms with Gasteiger partial charge < -0.3 is 10.4 Å². The lowest BCUT2D eigenvalue weighted by molar-refractivity contribution is -0.113. The van der Waals surface area contributed by atoms with Crippen molar-refractivity contribution in [3.63, 3.8) is 0 Å². The quantitative estimate of drug-likeness (QED) is 0.785. The fourth-order valence-electron chi connectivity index (χ4n) is 1.63. The van der Waals surface area contributed by atoms with Gasteiger partial charge >= 0.3 is 5.97 Å². The predicted octanol–water partition coefficient (Wildman–Crippen LogP) is 4.08. The number of nitrogens with one attached hydrogen (secondary N) is 1. The van der Waals surface area contributed by atoms with E-state index >= 15 is 0 Å². The van der Waals surface area contributed by atoms with Crippen LogP contribution in [0.4, 0.5) is 5.69 Å². The monoisotopic (exact) mass is 385 g/mol. The Morgan fingerprint density at radius 3 is 2.81 bits per heavy atom. The van der Waals surface area contributed by atoms with Crippen LogP contribution in [0.25, 0.3) is 0 Å². The Labute approximate surface area is 138 Å². The maximum absolute atomic E-state index is 11.9. The van der Waals surface area contributed by atoms with Crippen molar-refractivity contribution in [2.24, 2.45) is 0 Å². The molecular formula is C14H12BrNO3S2. The topological polar surface area (TPSA) is 66.4 Å². The first kappa shape index (κ1) is 16.1. The molecule has 1 aromatic carbocycles. The normalized spacial score (nSPS) is 10.3. The van der Waals surface area contributed by atoms with Gasteiger partial charge in [-0.15, -0.1) is 23.1 Å². The molecule has 2 rings (SSSR count). The second-order valence-corrected chi connectivity index (χ2v) is 7.05. The highest BCUT2D eigenvalue weighted by atomic mass is 79.9. The van der Waals surface area contributed by atoms with Crippen molar-refractivity contribution in [3.05, 3.63) is 50.6 Å². The number of halogens is 1. The first-order valence-electron chi connectivity index (χ1n) is 5.99. The maximum atomic E-state index is 11.9. The molecule has 21 heavy (non-hydrogen) atoms. The summed E-state index contributed by atoms with van der Waals surface area (Å²) in [5.41, 5.74) is 0.383. The molecule has 4 nitrogen and oxygen atoms in total. The van der Waals surface area contributed by atoms with E-state index in [2.05, 4.69) is 21.2 Å². The number of hydrogen-bond donors (Lipinski definition) is 2. The fourth-order valence-corrected chi connectivity index (χ4v) is 3.66. The number of thiophene rings is 1. The molecule has 1 heterocycles. The number of rotatable bonds is 6. The van der Waals surface area contributed by atoms with Gasteiger partial charge in [0.2, 0.25) is 5.91 Å². The van der Waals surface area contributed by atoms with E-state index in [1.165, 1.54) is 22.7 Å². The van der Waals surface area contributed by atoms with Gasteiger partial charge in [0.25, 0.3) is 0 Å². The van der Waals surface area contributed by atoms with Gasteiger partial charge in [0, 0.05) is 15.1 Å². The Bertz CT molecular complexity index is 644. The van der Waals surface area contributed by atoms with Crippen molar-refractivity contribution in [1.29, 1.82) is 0 Å². The van der Waals surface area contributed by atoms with Gasteiger partial charge in [0.05, 0.1) is 17.0 Å². The average molecular weight is 386 g/mol. The minimum atomic E-state index is -1.07. The number of aromatic carboxylic acids is 1. The van der Waals surface area contributed by atoms with Crippen LogP contribution in [0.5, 0.6) is 0 Å². The van der Waals surface area contributed by atoms with Crippen molar-refractivity contribution in [2.45, 2.75) is 5.75 Å². The second kappa shape index (κ2) is 7.63. The lowest BCUT2D eigenvalue weighted by Gasteiger charge is -2.08. The minimum absolute atomic E-state index is 0.0704. The average Bonchev–Trinajstić information content (AvgIpc) is 2.94. The smallest absolute Gasteiger partial charge is 0.337 e. The van der Waals surface area contributed by atoms with Crippen LogP contribution in [0.15, 0.2) is 40.2 Å². The summed E-state index contributed by atoms with van der Waals surface area (Å²) in [6.07, 6.45) is 0. The molecule has 0 aliphatic heterocycles. The lowest BCUT2D eigenvalue weighted by Crippen LogP contribution is -2.16. The first-order chi connectivity index (χ1) is 10.1. The summed E-state index contributed by atoms with van der Waals surface area (Å²) in [7, 11) is 0. The van der Waals surface area contributed by atoms with E-state index in [0.717, 1.165) is 5.75 Å². The Balaban J connectivity index is 1.92. The predicted molar refractivity (Wildman–Crippen MR) is 90.2 cm³/mol. The van der Waals surface area contributed by atoms with Gasteiger partial charge in [-0.05, 0) is 29.6 Å². The molecule has 0 atom stereocenters. The number of anilines is 1. The zero-order valence-corrected chi connectivity index (χ0v) is 14.1. The molecule has 0 bridgehead atoms. The number of hydrogen-bond acceptors (Lipinski definition) is 4. The van der Waals surface area contributed by atoms with E-state index in [-0.39, 0.29) is 17.2 Å². The zero-order valence-electron chi connectivity index (χ0n) is 10.8. The van der Waals surface area contributed by atoms with Crippen molar-refractivity contribution >= 4 is 56.6 Å². The van der Waals surface area contributed by atoms with Crippen LogP contribution in [-0.4, -0.2) is 22.7 Å². The second-order valence-electron chi connectivity index (χ2n) is 4.12. The molecule has 0 radical (unpaired) electrons. The number of amides is 1. The van der Waals surface area contributed by atoms with E-state index in [9.17, 15) is 9.59 Å². The van der Waals surface area contributed by atoms with Crippen LogP contribution in [0.2, 0.25) is 0 Å².